The lowest BCUT2D eigenvalue weighted by Gasteiger charge is -1.84. The maximum atomic E-state index is 10.2. The van der Waals surface area contributed by atoms with Gasteiger partial charge in [0.2, 0.25) is 6.29 Å². The summed E-state index contributed by atoms with van der Waals surface area (Å²) in [5, 5.41) is 11.2. The average Bonchev–Trinajstić information content (AvgIpc) is 2.71. The summed E-state index contributed by atoms with van der Waals surface area (Å²) in [6.45, 7) is 0. The number of carbonyl (C=O) groups is 1. The summed E-state index contributed by atoms with van der Waals surface area (Å²) in [4.78, 5) is 10.2. The summed E-state index contributed by atoms with van der Waals surface area (Å²) in [6, 6.07) is 1.72. The first kappa shape index (κ1) is 7.66. The van der Waals surface area contributed by atoms with E-state index in [1.807, 2.05) is 0 Å². The van der Waals surface area contributed by atoms with E-state index in [-0.39, 0.29) is 11.8 Å². The van der Waals surface area contributed by atoms with Crippen LogP contribution in [0.3, 0.4) is 0 Å². The maximum Gasteiger partial charge on any atom is 0.281 e. The maximum absolute atomic E-state index is 10.2. The van der Waals surface area contributed by atoms with E-state index in [1.165, 1.54) is 0 Å². The molecule has 2 aromatic heterocycles. The van der Waals surface area contributed by atoms with Crippen molar-refractivity contribution in [1.82, 2.24) is 20.0 Å². The molecule has 0 aliphatic heterocycles. The molecular formula is C7H6N4O2. The number of aldehydes is 1. The van der Waals surface area contributed by atoms with Crippen LogP contribution in [-0.4, -0.2) is 26.3 Å². The van der Waals surface area contributed by atoms with Gasteiger partial charge in [-0.1, -0.05) is 0 Å². The van der Waals surface area contributed by atoms with Gasteiger partial charge in [0.1, 0.15) is 5.69 Å². The molecule has 13 heavy (non-hydrogen) atoms. The van der Waals surface area contributed by atoms with Crippen molar-refractivity contribution in [3.05, 3.63) is 18.2 Å². The molecule has 6 heteroatoms. The summed E-state index contributed by atoms with van der Waals surface area (Å²) in [6.07, 6.45) is 2.25. The minimum atomic E-state index is -0.0411. The Hall–Kier alpha value is -1.98. The van der Waals surface area contributed by atoms with Crippen molar-refractivity contribution in [3.8, 4) is 11.6 Å². The fourth-order valence-electron chi connectivity index (χ4n) is 0.915. The molecule has 2 heterocycles. The third-order valence-electron chi connectivity index (χ3n) is 1.47. The molecule has 0 radical (unpaired) electrons. The summed E-state index contributed by atoms with van der Waals surface area (Å²) in [7, 11) is 1.78. The van der Waals surface area contributed by atoms with Gasteiger partial charge >= 0.3 is 0 Å². The minimum absolute atomic E-state index is 0.0411. The van der Waals surface area contributed by atoms with Gasteiger partial charge in [0, 0.05) is 13.2 Å². The first-order valence-electron chi connectivity index (χ1n) is 3.58. The van der Waals surface area contributed by atoms with Crippen LogP contribution in [0, 0.1) is 0 Å². The lowest BCUT2D eigenvalue weighted by molar-refractivity contribution is 0.109. The van der Waals surface area contributed by atoms with E-state index in [0.717, 1.165) is 0 Å². The molecule has 0 saturated carbocycles. The largest absolute Gasteiger partial charge is 0.412 e. The predicted molar refractivity (Wildman–Crippen MR) is 41.9 cm³/mol. The molecule has 0 aliphatic rings. The quantitative estimate of drug-likeness (QED) is 0.617. The monoisotopic (exact) mass is 178 g/mol. The Bertz CT molecular complexity index is 431. The predicted octanol–water partition coefficient (Wildman–Crippen LogP) is 0.283. The van der Waals surface area contributed by atoms with Crippen molar-refractivity contribution in [3.63, 3.8) is 0 Å². The van der Waals surface area contributed by atoms with E-state index in [0.29, 0.717) is 12.0 Å². The van der Waals surface area contributed by atoms with Gasteiger partial charge in [-0.2, -0.15) is 5.10 Å². The highest BCUT2D eigenvalue weighted by Crippen LogP contribution is 2.13. The Morgan fingerprint density at radius 3 is 2.92 bits per heavy atom. The van der Waals surface area contributed by atoms with Gasteiger partial charge in [0.25, 0.3) is 11.8 Å². The molecule has 0 spiro atoms. The van der Waals surface area contributed by atoms with Crippen molar-refractivity contribution in [2.75, 3.05) is 0 Å². The molecule has 66 valence electrons. The number of hydrogen-bond donors (Lipinski definition) is 0. The zero-order valence-corrected chi connectivity index (χ0v) is 6.84. The second-order valence-corrected chi connectivity index (χ2v) is 2.44. The van der Waals surface area contributed by atoms with E-state index in [1.54, 1.807) is 24.0 Å². The van der Waals surface area contributed by atoms with Crippen molar-refractivity contribution < 1.29 is 9.21 Å². The molecule has 0 unspecified atom stereocenters. The SMILES string of the molecule is Cn1ccc(-c2nnc(C=O)o2)n1. The topological polar surface area (TPSA) is 73.8 Å². The van der Waals surface area contributed by atoms with E-state index in [9.17, 15) is 4.79 Å². The van der Waals surface area contributed by atoms with Crippen LogP contribution in [0.2, 0.25) is 0 Å². The lowest BCUT2D eigenvalue weighted by Crippen LogP contribution is -1.87. The third-order valence-corrected chi connectivity index (χ3v) is 1.47. The summed E-state index contributed by atoms with van der Waals surface area (Å²) < 4.78 is 6.58. The number of carbonyl (C=O) groups excluding carboxylic acids is 1. The zero-order valence-electron chi connectivity index (χ0n) is 6.84. The summed E-state index contributed by atoms with van der Waals surface area (Å²) in [5.41, 5.74) is 0.558. The smallest absolute Gasteiger partial charge is 0.281 e. The molecule has 0 atom stereocenters. The van der Waals surface area contributed by atoms with Gasteiger partial charge in [-0.3, -0.25) is 9.48 Å². The summed E-state index contributed by atoms with van der Waals surface area (Å²) >= 11 is 0. The lowest BCUT2D eigenvalue weighted by atomic mass is 10.4. The number of nitrogens with zero attached hydrogens (tertiary/aromatic N) is 4. The van der Waals surface area contributed by atoms with Gasteiger partial charge < -0.3 is 4.42 Å². The standard InChI is InChI=1S/C7H6N4O2/c1-11-3-2-5(10-11)7-9-8-6(4-12)13-7/h2-4H,1H3. The molecule has 0 saturated heterocycles. The highest BCUT2D eigenvalue weighted by atomic mass is 16.4. The van der Waals surface area contributed by atoms with Crippen molar-refractivity contribution >= 4 is 6.29 Å². The highest BCUT2D eigenvalue weighted by Gasteiger charge is 2.09. The first-order chi connectivity index (χ1) is 6.29. The Morgan fingerprint density at radius 2 is 2.38 bits per heavy atom. The molecular weight excluding hydrogens is 172 g/mol. The number of rotatable bonds is 2. The van der Waals surface area contributed by atoms with Crippen molar-refractivity contribution in [2.45, 2.75) is 0 Å². The summed E-state index contributed by atoms with van der Waals surface area (Å²) in [5.74, 6) is 0.211. The van der Waals surface area contributed by atoms with Crippen LogP contribution in [0.15, 0.2) is 16.7 Å². The van der Waals surface area contributed by atoms with Crippen molar-refractivity contribution in [1.29, 1.82) is 0 Å². The van der Waals surface area contributed by atoms with Crippen molar-refractivity contribution in [2.24, 2.45) is 7.05 Å². The Balaban J connectivity index is 2.40. The van der Waals surface area contributed by atoms with Gasteiger partial charge in [-0.25, -0.2) is 0 Å². The van der Waals surface area contributed by atoms with E-state index >= 15 is 0 Å². The number of hydrogen-bond acceptors (Lipinski definition) is 5. The molecule has 0 N–H and O–H groups in total. The first-order valence-corrected chi connectivity index (χ1v) is 3.58. The number of aryl methyl sites for hydroxylation is 1. The highest BCUT2D eigenvalue weighted by molar-refractivity contribution is 5.67. The average molecular weight is 178 g/mol. The van der Waals surface area contributed by atoms with E-state index < -0.39 is 0 Å². The minimum Gasteiger partial charge on any atom is -0.412 e. The number of aromatic nitrogens is 4. The Labute approximate surface area is 73.2 Å². The van der Waals surface area contributed by atoms with Crippen LogP contribution in [0.1, 0.15) is 10.7 Å². The third kappa shape index (κ3) is 1.33. The van der Waals surface area contributed by atoms with E-state index in [2.05, 4.69) is 15.3 Å². The molecule has 2 aromatic rings. The van der Waals surface area contributed by atoms with Crippen LogP contribution in [0.5, 0.6) is 0 Å². The molecule has 0 amide bonds. The second-order valence-electron chi connectivity index (χ2n) is 2.44. The molecule has 0 aromatic carbocycles. The van der Waals surface area contributed by atoms with Crippen LogP contribution in [-0.2, 0) is 7.05 Å². The van der Waals surface area contributed by atoms with Gasteiger partial charge in [-0.05, 0) is 6.07 Å². The normalized spacial score (nSPS) is 10.2. The second kappa shape index (κ2) is 2.81. The van der Waals surface area contributed by atoms with Crippen LogP contribution < -0.4 is 0 Å². The van der Waals surface area contributed by atoms with Gasteiger partial charge in [-0.15, -0.1) is 10.2 Å². The molecule has 6 nitrogen and oxygen atoms in total. The molecule has 0 aliphatic carbocycles. The van der Waals surface area contributed by atoms with E-state index in [4.69, 9.17) is 4.42 Å². The van der Waals surface area contributed by atoms with Gasteiger partial charge in [0.05, 0.1) is 0 Å². The molecule has 0 fully saturated rings. The zero-order chi connectivity index (χ0) is 9.26. The Kier molecular flexibility index (Phi) is 1.66. The Morgan fingerprint density at radius 1 is 1.54 bits per heavy atom. The van der Waals surface area contributed by atoms with Crippen LogP contribution in [0.4, 0.5) is 0 Å². The fraction of sp³-hybridized carbons (Fsp3) is 0.143. The fourth-order valence-corrected chi connectivity index (χ4v) is 0.915. The van der Waals surface area contributed by atoms with Gasteiger partial charge in [0.15, 0.2) is 0 Å². The van der Waals surface area contributed by atoms with Crippen LogP contribution >= 0.6 is 0 Å². The molecule has 0 bridgehead atoms. The molecule has 2 rings (SSSR count). The van der Waals surface area contributed by atoms with Crippen LogP contribution in [0.25, 0.3) is 11.6 Å².